The Morgan fingerprint density at radius 1 is 1.04 bits per heavy atom. The van der Waals surface area contributed by atoms with Gasteiger partial charge in [-0.3, -0.25) is 15.0 Å². The third-order valence-electron chi connectivity index (χ3n) is 5.82. The molecule has 7 heteroatoms. The fourth-order valence-electron chi connectivity index (χ4n) is 4.31. The average molecular weight is 358 g/mol. The van der Waals surface area contributed by atoms with Crippen LogP contribution >= 0.6 is 0 Å². The molecule has 2 unspecified atom stereocenters. The molecular weight excluding hydrogens is 328 g/mol. The molecule has 2 N–H and O–H groups in total. The summed E-state index contributed by atoms with van der Waals surface area (Å²) in [7, 11) is 0. The van der Waals surface area contributed by atoms with Crippen LogP contribution in [0.2, 0.25) is 0 Å². The summed E-state index contributed by atoms with van der Waals surface area (Å²) in [5.41, 5.74) is 2.02. The Hall–Kier alpha value is -1.73. The Morgan fingerprint density at radius 2 is 1.73 bits per heavy atom. The molecule has 1 amide bonds. The van der Waals surface area contributed by atoms with E-state index >= 15 is 0 Å². The molecule has 0 spiro atoms. The minimum Gasteiger partial charge on any atom is -0.341 e. The van der Waals surface area contributed by atoms with Crippen molar-refractivity contribution in [1.29, 1.82) is 0 Å². The number of piperidine rings is 2. The first kappa shape index (κ1) is 17.7. The Kier molecular flexibility index (Phi) is 5.36. The number of carbonyl (C=O) groups excluding carboxylic acids is 1. The molecule has 3 aliphatic heterocycles. The first-order chi connectivity index (χ1) is 12.7. The normalized spacial score (nSPS) is 28.0. The summed E-state index contributed by atoms with van der Waals surface area (Å²) in [6, 6.07) is -0.0221. The van der Waals surface area contributed by atoms with Crippen molar-refractivity contribution in [3.05, 3.63) is 17.5 Å². The van der Waals surface area contributed by atoms with E-state index in [-0.39, 0.29) is 18.2 Å². The van der Waals surface area contributed by atoms with E-state index in [1.807, 2.05) is 13.1 Å². The maximum Gasteiger partial charge on any atom is 0.225 e. The zero-order valence-corrected chi connectivity index (χ0v) is 15.7. The van der Waals surface area contributed by atoms with E-state index in [2.05, 4.69) is 25.4 Å². The number of rotatable bonds is 3. The van der Waals surface area contributed by atoms with Gasteiger partial charge >= 0.3 is 0 Å². The lowest BCUT2D eigenvalue weighted by molar-refractivity contribution is -0.127. The van der Waals surface area contributed by atoms with Gasteiger partial charge in [0.15, 0.2) is 0 Å². The van der Waals surface area contributed by atoms with Crippen LogP contribution in [0, 0.1) is 6.92 Å². The van der Waals surface area contributed by atoms with Crippen molar-refractivity contribution in [3.8, 4) is 0 Å². The molecule has 0 radical (unpaired) electrons. The van der Waals surface area contributed by atoms with Gasteiger partial charge in [-0.25, -0.2) is 9.97 Å². The molecule has 4 rings (SSSR count). The van der Waals surface area contributed by atoms with Crippen LogP contribution in [0.25, 0.3) is 0 Å². The van der Waals surface area contributed by atoms with Gasteiger partial charge in [-0.15, -0.1) is 0 Å². The number of anilines is 1. The zero-order chi connectivity index (χ0) is 17.9. The Bertz CT molecular complexity index is 639. The summed E-state index contributed by atoms with van der Waals surface area (Å²) in [6.45, 7) is 6.19. The summed E-state index contributed by atoms with van der Waals surface area (Å²) < 4.78 is 0. The maximum atomic E-state index is 12.3. The summed E-state index contributed by atoms with van der Waals surface area (Å²) in [4.78, 5) is 26.3. The second kappa shape index (κ2) is 7.88. The quantitative estimate of drug-likeness (QED) is 0.857. The fourth-order valence-corrected chi connectivity index (χ4v) is 4.31. The number of hydrogen-bond donors (Lipinski definition) is 2. The molecule has 3 aliphatic rings. The number of carbonyl (C=O) groups is 1. The fraction of sp³-hybridized carbons (Fsp3) is 0.737. The summed E-state index contributed by atoms with van der Waals surface area (Å²) in [5, 5.41) is 6.71. The standard InChI is InChI=1S/C19H30N6O/c1-14-15(13-20-18(21-14)24-8-4-2-5-9-24)16-12-17(26)23-19(22-16)25-10-6-3-7-11-25/h13,16,19,22H,2-12H2,1H3,(H,23,26). The third-order valence-corrected chi connectivity index (χ3v) is 5.82. The SMILES string of the molecule is Cc1nc(N2CCCCC2)ncc1C1CC(=O)NC(N2CCCCC2)N1. The molecule has 3 saturated heterocycles. The van der Waals surface area contributed by atoms with Crippen LogP contribution in [0.15, 0.2) is 6.20 Å². The first-order valence-corrected chi connectivity index (χ1v) is 10.1. The number of aryl methyl sites for hydroxylation is 1. The van der Waals surface area contributed by atoms with Crippen LogP contribution in [0.5, 0.6) is 0 Å². The van der Waals surface area contributed by atoms with Crippen LogP contribution in [0.4, 0.5) is 5.95 Å². The highest BCUT2D eigenvalue weighted by molar-refractivity contribution is 5.78. The molecule has 142 valence electrons. The van der Waals surface area contributed by atoms with E-state index in [1.54, 1.807) is 0 Å². The maximum absolute atomic E-state index is 12.3. The highest BCUT2D eigenvalue weighted by Gasteiger charge is 2.32. The lowest BCUT2D eigenvalue weighted by Gasteiger charge is -2.40. The Morgan fingerprint density at radius 3 is 2.42 bits per heavy atom. The van der Waals surface area contributed by atoms with Crippen molar-refractivity contribution in [1.82, 2.24) is 25.5 Å². The van der Waals surface area contributed by atoms with Crippen molar-refractivity contribution < 1.29 is 4.79 Å². The highest BCUT2D eigenvalue weighted by Crippen LogP contribution is 2.25. The van der Waals surface area contributed by atoms with Crippen molar-refractivity contribution in [2.24, 2.45) is 0 Å². The smallest absolute Gasteiger partial charge is 0.225 e. The predicted molar refractivity (Wildman–Crippen MR) is 101 cm³/mol. The number of hydrogen-bond acceptors (Lipinski definition) is 6. The Labute approximate surface area is 155 Å². The molecule has 0 bridgehead atoms. The molecule has 3 fully saturated rings. The number of amides is 1. The molecule has 1 aromatic rings. The molecule has 7 nitrogen and oxygen atoms in total. The van der Waals surface area contributed by atoms with E-state index in [0.717, 1.165) is 43.4 Å². The summed E-state index contributed by atoms with van der Waals surface area (Å²) in [5.74, 6) is 0.933. The molecule has 0 aliphatic carbocycles. The second-order valence-electron chi connectivity index (χ2n) is 7.75. The van der Waals surface area contributed by atoms with Gasteiger partial charge in [-0.05, 0) is 39.0 Å². The van der Waals surface area contributed by atoms with Gasteiger partial charge in [-0.1, -0.05) is 6.42 Å². The van der Waals surface area contributed by atoms with E-state index in [9.17, 15) is 4.79 Å². The van der Waals surface area contributed by atoms with Crippen molar-refractivity contribution >= 4 is 11.9 Å². The van der Waals surface area contributed by atoms with Gasteiger partial charge in [0.2, 0.25) is 11.9 Å². The summed E-state index contributed by atoms with van der Waals surface area (Å²) in [6.07, 6.45) is 9.70. The third kappa shape index (κ3) is 3.83. The van der Waals surface area contributed by atoms with E-state index in [0.29, 0.717) is 6.42 Å². The van der Waals surface area contributed by atoms with Crippen molar-refractivity contribution in [2.45, 2.75) is 64.2 Å². The van der Waals surface area contributed by atoms with Crippen LogP contribution in [0.1, 0.15) is 62.2 Å². The van der Waals surface area contributed by atoms with Crippen molar-refractivity contribution in [2.75, 3.05) is 31.1 Å². The van der Waals surface area contributed by atoms with Crippen molar-refractivity contribution in [3.63, 3.8) is 0 Å². The first-order valence-electron chi connectivity index (χ1n) is 10.1. The van der Waals surface area contributed by atoms with E-state index in [1.165, 1.54) is 38.5 Å². The number of likely N-dealkylation sites (tertiary alicyclic amines) is 1. The minimum absolute atomic E-state index is 0.0221. The Balaban J connectivity index is 1.49. The van der Waals surface area contributed by atoms with E-state index in [4.69, 9.17) is 4.98 Å². The summed E-state index contributed by atoms with van der Waals surface area (Å²) >= 11 is 0. The van der Waals surface area contributed by atoms with Gasteiger partial charge in [0.25, 0.3) is 0 Å². The van der Waals surface area contributed by atoms with Crippen LogP contribution in [-0.2, 0) is 4.79 Å². The minimum atomic E-state index is -0.0808. The lowest BCUT2D eigenvalue weighted by Crippen LogP contribution is -2.62. The molecule has 0 aromatic carbocycles. The number of aromatic nitrogens is 2. The molecule has 4 heterocycles. The predicted octanol–water partition coefficient (Wildman–Crippen LogP) is 1.70. The average Bonchev–Trinajstić information content (AvgIpc) is 2.69. The van der Waals surface area contributed by atoms with Crippen LogP contribution in [-0.4, -0.2) is 53.2 Å². The number of nitrogens with one attached hydrogen (secondary N) is 2. The van der Waals surface area contributed by atoms with Crippen LogP contribution < -0.4 is 15.5 Å². The largest absolute Gasteiger partial charge is 0.341 e. The molecule has 1 aromatic heterocycles. The molecule has 26 heavy (non-hydrogen) atoms. The van der Waals surface area contributed by atoms with Crippen LogP contribution in [0.3, 0.4) is 0 Å². The van der Waals surface area contributed by atoms with Gasteiger partial charge < -0.3 is 10.2 Å². The van der Waals surface area contributed by atoms with Gasteiger partial charge in [-0.2, -0.15) is 0 Å². The van der Waals surface area contributed by atoms with E-state index < -0.39 is 0 Å². The zero-order valence-electron chi connectivity index (χ0n) is 15.7. The molecule has 2 atom stereocenters. The van der Waals surface area contributed by atoms with Gasteiger partial charge in [0.1, 0.15) is 6.29 Å². The van der Waals surface area contributed by atoms with Gasteiger partial charge in [0.05, 0.1) is 0 Å². The highest BCUT2D eigenvalue weighted by atomic mass is 16.2. The lowest BCUT2D eigenvalue weighted by atomic mass is 10.0. The second-order valence-corrected chi connectivity index (χ2v) is 7.75. The molecule has 0 saturated carbocycles. The molecular formula is C19H30N6O. The topological polar surface area (TPSA) is 73.4 Å². The number of nitrogens with zero attached hydrogens (tertiary/aromatic N) is 4. The monoisotopic (exact) mass is 358 g/mol. The van der Waals surface area contributed by atoms with Gasteiger partial charge in [0, 0.05) is 56.1 Å².